The highest BCUT2D eigenvalue weighted by atomic mass is 35.5. The first-order valence-corrected chi connectivity index (χ1v) is 7.20. The molecular weight excluding hydrogens is 323 g/mol. The van der Waals surface area contributed by atoms with Crippen LogP contribution in [0.25, 0.3) is 6.08 Å². The molecule has 5 heteroatoms. The van der Waals surface area contributed by atoms with E-state index in [4.69, 9.17) is 27.9 Å². The molecular formula is C17H12Cl2O3. The number of halogens is 2. The summed E-state index contributed by atoms with van der Waals surface area (Å²) in [6.45, 7) is -0.354. The summed E-state index contributed by atoms with van der Waals surface area (Å²) >= 11 is 11.7. The van der Waals surface area contributed by atoms with Gasteiger partial charge < -0.3 is 4.74 Å². The van der Waals surface area contributed by atoms with Crippen LogP contribution in [-0.2, 0) is 9.53 Å². The Hall–Kier alpha value is -2.10. The van der Waals surface area contributed by atoms with Crippen molar-refractivity contribution in [1.29, 1.82) is 0 Å². The van der Waals surface area contributed by atoms with Crippen molar-refractivity contribution in [2.24, 2.45) is 0 Å². The van der Waals surface area contributed by atoms with Gasteiger partial charge in [0.1, 0.15) is 0 Å². The van der Waals surface area contributed by atoms with Crippen molar-refractivity contribution >= 4 is 41.0 Å². The van der Waals surface area contributed by atoms with E-state index in [1.165, 1.54) is 6.08 Å². The fourth-order valence-electron chi connectivity index (χ4n) is 1.69. The minimum atomic E-state index is -0.602. The fraction of sp³-hybridized carbons (Fsp3) is 0.0588. The molecule has 0 aliphatic rings. The molecule has 0 saturated heterocycles. The number of ether oxygens (including phenoxy) is 1. The molecule has 0 spiro atoms. The zero-order valence-electron chi connectivity index (χ0n) is 11.5. The molecule has 0 aliphatic carbocycles. The van der Waals surface area contributed by atoms with Crippen LogP contribution in [0.5, 0.6) is 0 Å². The summed E-state index contributed by atoms with van der Waals surface area (Å²) < 4.78 is 4.90. The predicted molar refractivity (Wildman–Crippen MR) is 87.2 cm³/mol. The van der Waals surface area contributed by atoms with Gasteiger partial charge in [0.25, 0.3) is 0 Å². The molecule has 0 atom stereocenters. The molecule has 2 rings (SSSR count). The number of benzene rings is 2. The van der Waals surface area contributed by atoms with Crippen LogP contribution in [0.1, 0.15) is 15.9 Å². The largest absolute Gasteiger partial charge is 0.454 e. The highest BCUT2D eigenvalue weighted by Crippen LogP contribution is 2.15. The van der Waals surface area contributed by atoms with Crippen molar-refractivity contribution in [2.75, 3.05) is 6.61 Å². The van der Waals surface area contributed by atoms with Crippen molar-refractivity contribution in [3.63, 3.8) is 0 Å². The Labute approximate surface area is 138 Å². The van der Waals surface area contributed by atoms with E-state index in [9.17, 15) is 9.59 Å². The quantitative estimate of drug-likeness (QED) is 0.461. The Kier molecular flexibility index (Phi) is 5.75. The van der Waals surface area contributed by atoms with Gasteiger partial charge in [-0.1, -0.05) is 47.5 Å². The zero-order valence-corrected chi connectivity index (χ0v) is 13.0. The van der Waals surface area contributed by atoms with Gasteiger partial charge in [0.15, 0.2) is 6.61 Å². The Balaban J connectivity index is 1.89. The third-order valence-electron chi connectivity index (χ3n) is 2.80. The lowest BCUT2D eigenvalue weighted by Gasteiger charge is -2.03. The maximum absolute atomic E-state index is 11.9. The molecule has 0 N–H and O–H groups in total. The number of ketones is 1. The first-order chi connectivity index (χ1) is 10.6. The predicted octanol–water partition coefficient (Wildman–Crippen LogP) is 4.43. The van der Waals surface area contributed by atoms with Crippen LogP contribution in [0.3, 0.4) is 0 Å². The van der Waals surface area contributed by atoms with Crippen molar-refractivity contribution in [1.82, 2.24) is 0 Å². The lowest BCUT2D eigenvalue weighted by Crippen LogP contribution is -2.12. The summed E-state index contributed by atoms with van der Waals surface area (Å²) in [5, 5.41) is 0.949. The molecule has 0 bridgehead atoms. The van der Waals surface area contributed by atoms with E-state index in [2.05, 4.69) is 0 Å². The highest BCUT2D eigenvalue weighted by Gasteiger charge is 2.11. The van der Waals surface area contributed by atoms with E-state index in [1.54, 1.807) is 54.6 Å². The van der Waals surface area contributed by atoms with E-state index < -0.39 is 5.97 Å². The Morgan fingerprint density at radius 1 is 1.00 bits per heavy atom. The monoisotopic (exact) mass is 334 g/mol. The Morgan fingerprint density at radius 2 is 1.68 bits per heavy atom. The summed E-state index contributed by atoms with van der Waals surface area (Å²) in [5.74, 6) is -0.950. The molecule has 0 saturated carbocycles. The lowest BCUT2D eigenvalue weighted by molar-refractivity contribution is -0.136. The molecule has 0 aliphatic heterocycles. The Bertz CT molecular complexity index is 706. The summed E-state index contributed by atoms with van der Waals surface area (Å²) in [4.78, 5) is 23.5. The lowest BCUT2D eigenvalue weighted by atomic mass is 10.1. The van der Waals surface area contributed by atoms with Crippen LogP contribution in [0, 0.1) is 0 Å². The SMILES string of the molecule is O=C(/C=C/c1ccc(Cl)cc1)OCC(=O)c1ccccc1Cl. The van der Waals surface area contributed by atoms with Gasteiger partial charge in [-0.3, -0.25) is 4.79 Å². The van der Waals surface area contributed by atoms with Gasteiger partial charge in [-0.15, -0.1) is 0 Å². The summed E-state index contributed by atoms with van der Waals surface area (Å²) in [6.07, 6.45) is 2.84. The molecule has 0 heterocycles. The minimum Gasteiger partial charge on any atom is -0.454 e. The number of hydrogen-bond donors (Lipinski definition) is 0. The van der Waals surface area contributed by atoms with Gasteiger partial charge in [0.2, 0.25) is 5.78 Å². The third-order valence-corrected chi connectivity index (χ3v) is 3.38. The zero-order chi connectivity index (χ0) is 15.9. The number of hydrogen-bond acceptors (Lipinski definition) is 3. The van der Waals surface area contributed by atoms with Crippen LogP contribution < -0.4 is 0 Å². The van der Waals surface area contributed by atoms with Crippen molar-refractivity contribution in [3.8, 4) is 0 Å². The number of rotatable bonds is 5. The van der Waals surface area contributed by atoms with Crippen LogP contribution >= 0.6 is 23.2 Å². The minimum absolute atomic E-state index is 0.332. The van der Waals surface area contributed by atoms with Crippen molar-refractivity contribution in [3.05, 3.63) is 75.8 Å². The van der Waals surface area contributed by atoms with E-state index in [0.717, 1.165) is 5.56 Å². The highest BCUT2D eigenvalue weighted by molar-refractivity contribution is 6.34. The standard InChI is InChI=1S/C17H12Cl2O3/c18-13-8-5-12(6-9-13)7-10-17(21)22-11-16(20)14-3-1-2-4-15(14)19/h1-10H,11H2/b10-7+. The normalized spacial score (nSPS) is 10.6. The summed E-state index contributed by atoms with van der Waals surface area (Å²) in [5.41, 5.74) is 1.14. The molecule has 0 amide bonds. The smallest absolute Gasteiger partial charge is 0.331 e. The average Bonchev–Trinajstić information content (AvgIpc) is 2.52. The second-order valence-electron chi connectivity index (χ2n) is 4.40. The number of esters is 1. The van der Waals surface area contributed by atoms with Gasteiger partial charge >= 0.3 is 5.97 Å². The molecule has 0 aromatic heterocycles. The van der Waals surface area contributed by atoms with Gasteiger partial charge in [-0.2, -0.15) is 0 Å². The molecule has 0 unspecified atom stereocenters. The number of carbonyl (C=O) groups is 2. The second kappa shape index (κ2) is 7.78. The molecule has 22 heavy (non-hydrogen) atoms. The van der Waals surface area contributed by atoms with Crippen molar-refractivity contribution in [2.45, 2.75) is 0 Å². The van der Waals surface area contributed by atoms with E-state index in [1.807, 2.05) is 0 Å². The molecule has 0 radical (unpaired) electrons. The molecule has 0 fully saturated rings. The fourth-order valence-corrected chi connectivity index (χ4v) is 2.06. The number of Topliss-reactive ketones (excluding diaryl/α,β-unsaturated/α-hetero) is 1. The topological polar surface area (TPSA) is 43.4 Å². The third kappa shape index (κ3) is 4.72. The van der Waals surface area contributed by atoms with Crippen LogP contribution in [0.2, 0.25) is 10.0 Å². The van der Waals surface area contributed by atoms with Gasteiger partial charge in [0.05, 0.1) is 5.02 Å². The summed E-state index contributed by atoms with van der Waals surface area (Å²) in [6, 6.07) is 13.6. The average molecular weight is 335 g/mol. The van der Waals surface area contributed by atoms with E-state index in [0.29, 0.717) is 15.6 Å². The molecule has 2 aromatic rings. The molecule has 3 nitrogen and oxygen atoms in total. The maximum Gasteiger partial charge on any atom is 0.331 e. The number of carbonyl (C=O) groups excluding carboxylic acids is 2. The maximum atomic E-state index is 11.9. The molecule has 2 aromatic carbocycles. The first-order valence-electron chi connectivity index (χ1n) is 6.44. The van der Waals surface area contributed by atoms with Gasteiger partial charge in [-0.05, 0) is 35.9 Å². The van der Waals surface area contributed by atoms with Crippen molar-refractivity contribution < 1.29 is 14.3 Å². The second-order valence-corrected chi connectivity index (χ2v) is 5.24. The van der Waals surface area contributed by atoms with E-state index >= 15 is 0 Å². The van der Waals surface area contributed by atoms with E-state index in [-0.39, 0.29) is 12.4 Å². The van der Waals surface area contributed by atoms with Crippen LogP contribution in [0.4, 0.5) is 0 Å². The Morgan fingerprint density at radius 3 is 2.36 bits per heavy atom. The van der Waals surface area contributed by atoms with Gasteiger partial charge in [-0.25, -0.2) is 4.79 Å². The van der Waals surface area contributed by atoms with Crippen LogP contribution in [0.15, 0.2) is 54.6 Å². The first kappa shape index (κ1) is 16.3. The van der Waals surface area contributed by atoms with Crippen LogP contribution in [-0.4, -0.2) is 18.4 Å². The summed E-state index contributed by atoms with van der Waals surface area (Å²) in [7, 11) is 0. The van der Waals surface area contributed by atoms with Gasteiger partial charge in [0, 0.05) is 16.7 Å². The molecule has 112 valence electrons.